The molecule has 0 saturated heterocycles. The second-order valence-electron chi connectivity index (χ2n) is 5.04. The highest BCUT2D eigenvalue weighted by molar-refractivity contribution is 7.98. The summed E-state index contributed by atoms with van der Waals surface area (Å²) in [5.41, 5.74) is -0.193. The van der Waals surface area contributed by atoms with Gasteiger partial charge in [0.2, 0.25) is 5.91 Å². The SMILES string of the molecule is CSc1cccc(NC(=O)CNC(=O)c2ccc(C(F)(F)F)cc2)c1. The Labute approximate surface area is 146 Å². The number of carbonyl (C=O) groups excluding carboxylic acids is 2. The molecule has 0 aliphatic carbocycles. The van der Waals surface area contributed by atoms with Gasteiger partial charge >= 0.3 is 6.18 Å². The average Bonchev–Trinajstić information content (AvgIpc) is 2.59. The standard InChI is InChI=1S/C17H15F3N2O2S/c1-25-14-4-2-3-13(9-14)22-15(23)10-21-16(24)11-5-7-12(8-6-11)17(18,19)20/h2-9H,10H2,1H3,(H,21,24)(H,22,23). The number of nitrogens with one attached hydrogen (secondary N) is 2. The number of amides is 2. The molecule has 8 heteroatoms. The molecule has 0 heterocycles. The zero-order valence-electron chi connectivity index (χ0n) is 13.2. The molecule has 0 unspecified atom stereocenters. The average molecular weight is 368 g/mol. The van der Waals surface area contributed by atoms with Crippen LogP contribution in [-0.2, 0) is 11.0 Å². The first-order chi connectivity index (χ1) is 11.8. The molecule has 0 aliphatic heterocycles. The lowest BCUT2D eigenvalue weighted by atomic mass is 10.1. The van der Waals surface area contributed by atoms with Crippen molar-refractivity contribution in [2.75, 3.05) is 18.1 Å². The van der Waals surface area contributed by atoms with Crippen molar-refractivity contribution in [1.82, 2.24) is 5.32 Å². The van der Waals surface area contributed by atoms with Crippen LogP contribution in [0.3, 0.4) is 0 Å². The quantitative estimate of drug-likeness (QED) is 0.790. The first kappa shape index (κ1) is 18.9. The van der Waals surface area contributed by atoms with Crippen molar-refractivity contribution >= 4 is 29.3 Å². The minimum absolute atomic E-state index is 0.0465. The van der Waals surface area contributed by atoms with Gasteiger partial charge in [-0.25, -0.2) is 0 Å². The molecule has 4 nitrogen and oxygen atoms in total. The molecule has 2 rings (SSSR count). The number of anilines is 1. The topological polar surface area (TPSA) is 58.2 Å². The zero-order chi connectivity index (χ0) is 18.4. The van der Waals surface area contributed by atoms with Crippen molar-refractivity contribution in [2.24, 2.45) is 0 Å². The van der Waals surface area contributed by atoms with Gasteiger partial charge in [-0.2, -0.15) is 13.2 Å². The van der Waals surface area contributed by atoms with Crippen LogP contribution in [0, 0.1) is 0 Å². The third-order valence-corrected chi connectivity index (χ3v) is 3.96. The normalized spacial score (nSPS) is 11.0. The number of hydrogen-bond donors (Lipinski definition) is 2. The Hall–Kier alpha value is -2.48. The van der Waals surface area contributed by atoms with Crippen molar-refractivity contribution in [3.63, 3.8) is 0 Å². The van der Waals surface area contributed by atoms with Crippen molar-refractivity contribution in [1.29, 1.82) is 0 Å². The van der Waals surface area contributed by atoms with Crippen LogP contribution in [0.1, 0.15) is 15.9 Å². The van der Waals surface area contributed by atoms with E-state index in [0.29, 0.717) is 5.69 Å². The van der Waals surface area contributed by atoms with Gasteiger partial charge in [0.15, 0.2) is 0 Å². The summed E-state index contributed by atoms with van der Waals surface area (Å²) in [5, 5.41) is 5.01. The maximum atomic E-state index is 12.5. The van der Waals surface area contributed by atoms with Gasteiger partial charge in [-0.05, 0) is 48.7 Å². The van der Waals surface area contributed by atoms with Crippen LogP contribution in [0.4, 0.5) is 18.9 Å². The van der Waals surface area contributed by atoms with E-state index >= 15 is 0 Å². The monoisotopic (exact) mass is 368 g/mol. The van der Waals surface area contributed by atoms with Crippen molar-refractivity contribution in [2.45, 2.75) is 11.1 Å². The van der Waals surface area contributed by atoms with Crippen molar-refractivity contribution in [3.8, 4) is 0 Å². The Morgan fingerprint density at radius 1 is 1.08 bits per heavy atom. The van der Waals surface area contributed by atoms with E-state index in [-0.39, 0.29) is 12.1 Å². The Kier molecular flexibility index (Phi) is 6.08. The molecule has 0 aliphatic rings. The molecule has 0 bridgehead atoms. The summed E-state index contributed by atoms with van der Waals surface area (Å²) >= 11 is 1.53. The Balaban J connectivity index is 1.89. The second-order valence-corrected chi connectivity index (χ2v) is 5.92. The minimum atomic E-state index is -4.46. The van der Waals surface area contributed by atoms with Crippen LogP contribution in [0.2, 0.25) is 0 Å². The van der Waals surface area contributed by atoms with E-state index in [4.69, 9.17) is 0 Å². The number of hydrogen-bond acceptors (Lipinski definition) is 3. The number of carbonyl (C=O) groups is 2. The lowest BCUT2D eigenvalue weighted by Gasteiger charge is -2.09. The van der Waals surface area contributed by atoms with E-state index in [1.165, 1.54) is 11.8 Å². The molecule has 2 amide bonds. The highest BCUT2D eigenvalue weighted by Gasteiger charge is 2.30. The number of halogens is 3. The lowest BCUT2D eigenvalue weighted by molar-refractivity contribution is -0.137. The molecular weight excluding hydrogens is 353 g/mol. The highest BCUT2D eigenvalue weighted by Crippen LogP contribution is 2.29. The predicted molar refractivity (Wildman–Crippen MR) is 90.6 cm³/mol. The molecule has 0 aromatic heterocycles. The van der Waals surface area contributed by atoms with E-state index in [1.54, 1.807) is 18.2 Å². The minimum Gasteiger partial charge on any atom is -0.343 e. The van der Waals surface area contributed by atoms with Crippen LogP contribution in [0.25, 0.3) is 0 Å². The number of thioether (sulfide) groups is 1. The Morgan fingerprint density at radius 3 is 2.36 bits per heavy atom. The molecular formula is C17H15F3N2O2S. The van der Waals surface area contributed by atoms with Gasteiger partial charge in [0.1, 0.15) is 0 Å². The molecule has 0 saturated carbocycles. The third kappa shape index (κ3) is 5.53. The summed E-state index contributed by atoms with van der Waals surface area (Å²) in [6.07, 6.45) is -2.55. The number of rotatable bonds is 5. The van der Waals surface area contributed by atoms with Crippen LogP contribution in [0.5, 0.6) is 0 Å². The first-order valence-electron chi connectivity index (χ1n) is 7.19. The van der Waals surface area contributed by atoms with E-state index in [0.717, 1.165) is 29.2 Å². The molecule has 0 spiro atoms. The Bertz CT molecular complexity index is 761. The summed E-state index contributed by atoms with van der Waals surface area (Å²) in [4.78, 5) is 24.7. The number of benzene rings is 2. The van der Waals surface area contributed by atoms with Gasteiger partial charge in [0, 0.05) is 16.1 Å². The van der Waals surface area contributed by atoms with E-state index in [1.807, 2.05) is 12.3 Å². The highest BCUT2D eigenvalue weighted by atomic mass is 32.2. The predicted octanol–water partition coefficient (Wildman–Crippen LogP) is 3.80. The fourth-order valence-electron chi connectivity index (χ4n) is 1.98. The largest absolute Gasteiger partial charge is 0.416 e. The maximum absolute atomic E-state index is 12.5. The first-order valence-corrected chi connectivity index (χ1v) is 8.41. The molecule has 2 N–H and O–H groups in total. The third-order valence-electron chi connectivity index (χ3n) is 3.24. The van der Waals surface area contributed by atoms with Crippen LogP contribution in [-0.4, -0.2) is 24.6 Å². The summed E-state index contributed by atoms with van der Waals surface area (Å²) in [6.45, 7) is -0.288. The Morgan fingerprint density at radius 2 is 1.76 bits per heavy atom. The molecule has 132 valence electrons. The molecule has 2 aromatic carbocycles. The lowest BCUT2D eigenvalue weighted by Crippen LogP contribution is -2.32. The van der Waals surface area contributed by atoms with Gasteiger partial charge in [0.25, 0.3) is 5.91 Å². The van der Waals surface area contributed by atoms with Gasteiger partial charge in [0.05, 0.1) is 12.1 Å². The smallest absolute Gasteiger partial charge is 0.343 e. The molecule has 0 radical (unpaired) electrons. The fraction of sp³-hybridized carbons (Fsp3) is 0.176. The second kappa shape index (κ2) is 8.06. The van der Waals surface area contributed by atoms with Crippen LogP contribution < -0.4 is 10.6 Å². The molecule has 0 fully saturated rings. The van der Waals surface area contributed by atoms with Crippen LogP contribution >= 0.6 is 11.8 Å². The van der Waals surface area contributed by atoms with Crippen molar-refractivity contribution in [3.05, 3.63) is 59.7 Å². The summed E-state index contributed by atoms with van der Waals surface area (Å²) in [5.74, 6) is -1.06. The van der Waals surface area contributed by atoms with Crippen molar-refractivity contribution < 1.29 is 22.8 Å². The zero-order valence-corrected chi connectivity index (χ0v) is 14.0. The summed E-state index contributed by atoms with van der Waals surface area (Å²) in [7, 11) is 0. The fourth-order valence-corrected chi connectivity index (χ4v) is 2.44. The molecule has 25 heavy (non-hydrogen) atoms. The maximum Gasteiger partial charge on any atom is 0.416 e. The summed E-state index contributed by atoms with van der Waals surface area (Å²) in [6, 6.07) is 11.0. The molecule has 0 atom stereocenters. The number of alkyl halides is 3. The van der Waals surface area contributed by atoms with Crippen LogP contribution in [0.15, 0.2) is 53.4 Å². The van der Waals surface area contributed by atoms with E-state index < -0.39 is 23.6 Å². The van der Waals surface area contributed by atoms with E-state index in [2.05, 4.69) is 10.6 Å². The van der Waals surface area contributed by atoms with Gasteiger partial charge < -0.3 is 10.6 Å². The summed E-state index contributed by atoms with van der Waals surface area (Å²) < 4.78 is 37.4. The van der Waals surface area contributed by atoms with Gasteiger partial charge in [-0.15, -0.1) is 11.8 Å². The molecule has 2 aromatic rings. The van der Waals surface area contributed by atoms with Gasteiger partial charge in [-0.1, -0.05) is 6.07 Å². The van der Waals surface area contributed by atoms with Gasteiger partial charge in [-0.3, -0.25) is 9.59 Å². The van der Waals surface area contributed by atoms with E-state index in [9.17, 15) is 22.8 Å².